The predicted molar refractivity (Wildman–Crippen MR) is 109 cm³/mol. The smallest absolute Gasteiger partial charge is 0.337 e. The minimum atomic E-state index is -0.517. The molecule has 0 saturated carbocycles. The Kier molecular flexibility index (Phi) is 8.24. The molecule has 8 heteroatoms. The number of hydrogen-bond donors (Lipinski definition) is 1. The van der Waals surface area contributed by atoms with Gasteiger partial charge in [0.1, 0.15) is 5.75 Å². The van der Waals surface area contributed by atoms with Crippen molar-refractivity contribution in [3.05, 3.63) is 64.7 Å². The van der Waals surface area contributed by atoms with Crippen LogP contribution in [0, 0.1) is 0 Å². The van der Waals surface area contributed by atoms with Crippen LogP contribution in [-0.2, 0) is 19.1 Å². The van der Waals surface area contributed by atoms with Crippen molar-refractivity contribution in [1.82, 2.24) is 0 Å². The first-order valence-electron chi connectivity index (χ1n) is 8.68. The molecular weight excluding hydrogens is 398 g/mol. The summed E-state index contributed by atoms with van der Waals surface area (Å²) < 4.78 is 14.8. The van der Waals surface area contributed by atoms with Gasteiger partial charge in [0.15, 0.2) is 6.61 Å². The van der Waals surface area contributed by atoms with Gasteiger partial charge in [-0.15, -0.1) is 0 Å². The monoisotopic (exact) mass is 417 g/mol. The van der Waals surface area contributed by atoms with Gasteiger partial charge in [0.2, 0.25) is 0 Å². The highest BCUT2D eigenvalue weighted by Crippen LogP contribution is 2.25. The summed E-state index contributed by atoms with van der Waals surface area (Å²) in [6.07, 6.45) is 2.95. The highest BCUT2D eigenvalue weighted by atomic mass is 35.5. The molecule has 0 bridgehead atoms. The minimum Gasteiger partial charge on any atom is -0.482 e. The van der Waals surface area contributed by atoms with Gasteiger partial charge in [-0.05, 0) is 48.9 Å². The SMILES string of the molecule is CCOC(=O)C=Cc1ccc(NC(=O)COc2ccc(C(=O)OC)cc2Cl)cc1. The predicted octanol–water partition coefficient (Wildman–Crippen LogP) is 3.72. The van der Waals surface area contributed by atoms with Crippen molar-refractivity contribution in [2.45, 2.75) is 6.92 Å². The molecule has 152 valence electrons. The van der Waals surface area contributed by atoms with Crippen molar-refractivity contribution >= 4 is 41.2 Å². The first-order valence-corrected chi connectivity index (χ1v) is 9.06. The molecule has 29 heavy (non-hydrogen) atoms. The lowest BCUT2D eigenvalue weighted by Crippen LogP contribution is -2.20. The lowest BCUT2D eigenvalue weighted by Gasteiger charge is -2.10. The van der Waals surface area contributed by atoms with Crippen LogP contribution in [0.5, 0.6) is 5.75 Å². The molecule has 2 rings (SSSR count). The maximum atomic E-state index is 12.1. The molecule has 0 aliphatic heterocycles. The maximum Gasteiger partial charge on any atom is 0.337 e. The van der Waals surface area contributed by atoms with E-state index in [-0.39, 0.29) is 28.8 Å². The fourth-order valence-electron chi connectivity index (χ4n) is 2.24. The number of carbonyl (C=O) groups is 3. The van der Waals surface area contributed by atoms with E-state index in [4.69, 9.17) is 21.1 Å². The number of benzene rings is 2. The Morgan fingerprint density at radius 2 is 1.83 bits per heavy atom. The summed E-state index contributed by atoms with van der Waals surface area (Å²) in [6.45, 7) is 1.79. The van der Waals surface area contributed by atoms with Crippen LogP contribution in [0.15, 0.2) is 48.5 Å². The Balaban J connectivity index is 1.88. The number of carbonyl (C=O) groups excluding carboxylic acids is 3. The summed E-state index contributed by atoms with van der Waals surface area (Å²) in [5.74, 6) is -1.04. The first-order chi connectivity index (χ1) is 13.9. The molecule has 2 aromatic rings. The second-order valence-corrected chi connectivity index (χ2v) is 6.09. The second-order valence-electron chi connectivity index (χ2n) is 5.68. The van der Waals surface area contributed by atoms with Crippen LogP contribution in [0.1, 0.15) is 22.8 Å². The van der Waals surface area contributed by atoms with E-state index in [9.17, 15) is 14.4 Å². The minimum absolute atomic E-state index is 0.193. The van der Waals surface area contributed by atoms with Gasteiger partial charge in [-0.1, -0.05) is 23.7 Å². The van der Waals surface area contributed by atoms with Crippen LogP contribution < -0.4 is 10.1 Å². The molecule has 1 amide bonds. The van der Waals surface area contributed by atoms with Crippen molar-refractivity contribution in [3.63, 3.8) is 0 Å². The number of nitrogens with one attached hydrogen (secondary N) is 1. The van der Waals surface area contributed by atoms with E-state index in [1.807, 2.05) is 0 Å². The summed E-state index contributed by atoms with van der Waals surface area (Å²) in [5.41, 5.74) is 1.63. The molecule has 0 aliphatic rings. The molecule has 2 aromatic carbocycles. The van der Waals surface area contributed by atoms with Crippen molar-refractivity contribution in [1.29, 1.82) is 0 Å². The van der Waals surface area contributed by atoms with Gasteiger partial charge in [-0.25, -0.2) is 9.59 Å². The lowest BCUT2D eigenvalue weighted by molar-refractivity contribution is -0.137. The van der Waals surface area contributed by atoms with E-state index in [0.29, 0.717) is 12.3 Å². The maximum absolute atomic E-state index is 12.1. The molecule has 0 radical (unpaired) electrons. The summed E-state index contributed by atoms with van der Waals surface area (Å²) >= 11 is 6.06. The molecule has 7 nitrogen and oxygen atoms in total. The summed E-state index contributed by atoms with van der Waals surface area (Å²) in [4.78, 5) is 34.8. The summed E-state index contributed by atoms with van der Waals surface area (Å²) in [5, 5.41) is 2.88. The van der Waals surface area contributed by atoms with E-state index in [1.54, 1.807) is 37.3 Å². The lowest BCUT2D eigenvalue weighted by atomic mass is 10.2. The Hall–Kier alpha value is -3.32. The number of rotatable bonds is 8. The summed E-state index contributed by atoms with van der Waals surface area (Å²) in [7, 11) is 1.27. The number of esters is 2. The average Bonchev–Trinajstić information content (AvgIpc) is 2.72. The zero-order valence-corrected chi connectivity index (χ0v) is 16.7. The van der Waals surface area contributed by atoms with Gasteiger partial charge >= 0.3 is 11.9 Å². The van der Waals surface area contributed by atoms with Crippen LogP contribution >= 0.6 is 11.6 Å². The largest absolute Gasteiger partial charge is 0.482 e. The molecule has 0 heterocycles. The number of methoxy groups -OCH3 is 1. The van der Waals surface area contributed by atoms with Crippen molar-refractivity contribution in [2.24, 2.45) is 0 Å². The van der Waals surface area contributed by atoms with E-state index >= 15 is 0 Å². The summed E-state index contributed by atoms with van der Waals surface area (Å²) in [6, 6.07) is 11.3. The molecule has 0 atom stereocenters. The van der Waals surface area contributed by atoms with E-state index in [2.05, 4.69) is 10.1 Å². The molecule has 1 N–H and O–H groups in total. The number of hydrogen-bond acceptors (Lipinski definition) is 6. The van der Waals surface area contributed by atoms with Crippen LogP contribution in [0.2, 0.25) is 5.02 Å². The third-order valence-corrected chi connectivity index (χ3v) is 3.90. The van der Waals surface area contributed by atoms with Crippen LogP contribution in [0.3, 0.4) is 0 Å². The Morgan fingerprint density at radius 3 is 2.45 bits per heavy atom. The molecule has 0 saturated heterocycles. The fourth-order valence-corrected chi connectivity index (χ4v) is 2.47. The zero-order chi connectivity index (χ0) is 21.2. The van der Waals surface area contributed by atoms with E-state index in [0.717, 1.165) is 5.56 Å². The standard InChI is InChI=1S/C21H20ClNO6/c1-3-28-20(25)11-6-14-4-8-16(9-5-14)23-19(24)13-29-18-10-7-15(12-17(18)22)21(26)27-2/h4-12H,3,13H2,1-2H3,(H,23,24). The van der Waals surface area contributed by atoms with Crippen LogP contribution in [0.25, 0.3) is 6.08 Å². The fraction of sp³-hybridized carbons (Fsp3) is 0.190. The van der Waals surface area contributed by atoms with Gasteiger partial charge in [-0.2, -0.15) is 0 Å². The first kappa shape index (κ1) is 22.0. The highest BCUT2D eigenvalue weighted by Gasteiger charge is 2.11. The second kappa shape index (κ2) is 10.9. The van der Waals surface area contributed by atoms with Crippen LogP contribution in [0.4, 0.5) is 5.69 Å². The van der Waals surface area contributed by atoms with Gasteiger partial charge in [0, 0.05) is 11.8 Å². The molecular formula is C21H20ClNO6. The quantitative estimate of drug-likeness (QED) is 0.520. The molecule has 0 unspecified atom stereocenters. The average molecular weight is 418 g/mol. The molecule has 0 aromatic heterocycles. The number of halogens is 1. The number of amides is 1. The molecule has 0 spiro atoms. The van der Waals surface area contributed by atoms with E-state index in [1.165, 1.54) is 31.4 Å². The Morgan fingerprint density at radius 1 is 1.10 bits per heavy atom. The van der Waals surface area contributed by atoms with Crippen LogP contribution in [-0.4, -0.2) is 38.2 Å². The van der Waals surface area contributed by atoms with Gasteiger partial charge in [0.05, 0.1) is 24.3 Å². The third-order valence-electron chi connectivity index (χ3n) is 3.60. The van der Waals surface area contributed by atoms with Gasteiger partial charge in [-0.3, -0.25) is 4.79 Å². The Labute approximate surface area is 173 Å². The normalized spacial score (nSPS) is 10.4. The molecule has 0 aliphatic carbocycles. The van der Waals surface area contributed by atoms with E-state index < -0.39 is 11.9 Å². The zero-order valence-electron chi connectivity index (χ0n) is 15.9. The third kappa shape index (κ3) is 6.97. The Bertz CT molecular complexity index is 908. The highest BCUT2D eigenvalue weighted by molar-refractivity contribution is 6.32. The number of ether oxygens (including phenoxy) is 3. The van der Waals surface area contributed by atoms with Crippen molar-refractivity contribution < 1.29 is 28.6 Å². The molecule has 0 fully saturated rings. The van der Waals surface area contributed by atoms with Crippen molar-refractivity contribution in [2.75, 3.05) is 25.6 Å². The number of anilines is 1. The topological polar surface area (TPSA) is 90.9 Å². The van der Waals surface area contributed by atoms with Gasteiger partial charge in [0.25, 0.3) is 5.91 Å². The van der Waals surface area contributed by atoms with Gasteiger partial charge < -0.3 is 19.5 Å². The van der Waals surface area contributed by atoms with Crippen molar-refractivity contribution in [3.8, 4) is 5.75 Å².